The number of hydrogen-bond acceptors (Lipinski definition) is 3. The number of aryl methyl sites for hydroxylation is 1. The van der Waals surface area contributed by atoms with Crippen molar-refractivity contribution in [3.05, 3.63) is 23.7 Å². The summed E-state index contributed by atoms with van der Waals surface area (Å²) in [6, 6.07) is 2.08. The van der Waals surface area contributed by atoms with E-state index in [1.807, 2.05) is 13.1 Å². The molecule has 0 N–H and O–H groups in total. The molecule has 1 aliphatic rings. The van der Waals surface area contributed by atoms with Crippen molar-refractivity contribution < 1.29 is 0 Å². The first-order valence-electron chi connectivity index (χ1n) is 6.73. The van der Waals surface area contributed by atoms with E-state index in [2.05, 4.69) is 32.5 Å². The first-order valence-corrected chi connectivity index (χ1v) is 7.27. The first-order chi connectivity index (χ1) is 9.17. The maximum absolute atomic E-state index is 6.04. The Bertz CT molecular complexity index is 592. The molecule has 2 aromatic heterocycles. The van der Waals surface area contributed by atoms with Crippen molar-refractivity contribution >= 4 is 22.8 Å². The molecule has 1 fully saturated rings. The van der Waals surface area contributed by atoms with Crippen LogP contribution in [0.5, 0.6) is 0 Å². The number of nitrogens with zero attached hydrogens (tertiary/aromatic N) is 4. The second-order valence-corrected chi connectivity index (χ2v) is 5.81. The van der Waals surface area contributed by atoms with Crippen LogP contribution < -0.4 is 0 Å². The normalized spacial score (nSPS) is 20.5. The lowest BCUT2D eigenvalue weighted by Crippen LogP contribution is -2.18. The molecule has 1 aliphatic heterocycles. The third-order valence-corrected chi connectivity index (χ3v) is 4.09. The topological polar surface area (TPSA) is 34.0 Å². The van der Waals surface area contributed by atoms with Gasteiger partial charge in [0.2, 0.25) is 0 Å². The highest BCUT2D eigenvalue weighted by Crippen LogP contribution is 2.22. The largest absolute Gasteiger partial charge is 0.311 e. The van der Waals surface area contributed by atoms with Crippen LogP contribution in [0.3, 0.4) is 0 Å². The molecule has 5 heteroatoms. The Labute approximate surface area is 118 Å². The molecule has 0 amide bonds. The van der Waals surface area contributed by atoms with Gasteiger partial charge in [-0.15, -0.1) is 11.6 Å². The Morgan fingerprint density at radius 2 is 2.32 bits per heavy atom. The summed E-state index contributed by atoms with van der Waals surface area (Å²) in [7, 11) is 2.18. The average Bonchev–Trinajstić information content (AvgIpc) is 2.94. The van der Waals surface area contributed by atoms with Crippen LogP contribution in [0, 0.1) is 12.8 Å². The van der Waals surface area contributed by atoms with Gasteiger partial charge in [-0.05, 0) is 44.5 Å². The zero-order chi connectivity index (χ0) is 13.4. The van der Waals surface area contributed by atoms with Gasteiger partial charge >= 0.3 is 0 Å². The van der Waals surface area contributed by atoms with Crippen molar-refractivity contribution in [2.24, 2.45) is 5.92 Å². The van der Waals surface area contributed by atoms with Gasteiger partial charge in [-0.1, -0.05) is 0 Å². The molecule has 1 unspecified atom stereocenters. The van der Waals surface area contributed by atoms with E-state index < -0.39 is 0 Å². The molecule has 0 aromatic carbocycles. The zero-order valence-corrected chi connectivity index (χ0v) is 12.2. The van der Waals surface area contributed by atoms with E-state index in [1.165, 1.54) is 13.0 Å². The lowest BCUT2D eigenvalue weighted by molar-refractivity contribution is 0.378. The summed E-state index contributed by atoms with van der Waals surface area (Å²) < 4.78 is 2.20. The predicted molar refractivity (Wildman–Crippen MR) is 77.4 cm³/mol. The molecule has 1 saturated heterocycles. The Morgan fingerprint density at radius 3 is 3.00 bits per heavy atom. The summed E-state index contributed by atoms with van der Waals surface area (Å²) in [5.41, 5.74) is 3.07. The number of halogens is 1. The Balaban J connectivity index is 1.96. The maximum Gasteiger partial charge on any atom is 0.160 e. The zero-order valence-electron chi connectivity index (χ0n) is 11.4. The van der Waals surface area contributed by atoms with E-state index in [9.17, 15) is 0 Å². The molecule has 1 atom stereocenters. The lowest BCUT2D eigenvalue weighted by Gasteiger charge is -2.13. The van der Waals surface area contributed by atoms with Gasteiger partial charge in [0.1, 0.15) is 11.3 Å². The van der Waals surface area contributed by atoms with Crippen molar-refractivity contribution in [2.45, 2.75) is 25.8 Å². The van der Waals surface area contributed by atoms with Crippen LogP contribution in [-0.4, -0.2) is 39.6 Å². The number of alkyl halides is 1. The second kappa shape index (κ2) is 5.10. The number of pyridine rings is 1. The van der Waals surface area contributed by atoms with Crippen LogP contribution in [0.15, 0.2) is 12.3 Å². The van der Waals surface area contributed by atoms with Crippen LogP contribution in [-0.2, 0) is 12.4 Å². The van der Waals surface area contributed by atoms with Crippen LogP contribution in [0.4, 0.5) is 0 Å². The van der Waals surface area contributed by atoms with E-state index in [-0.39, 0.29) is 0 Å². The Morgan fingerprint density at radius 1 is 1.47 bits per heavy atom. The molecular formula is C14H19ClN4. The van der Waals surface area contributed by atoms with E-state index in [1.54, 1.807) is 0 Å². The summed E-state index contributed by atoms with van der Waals surface area (Å²) in [6.45, 7) is 5.34. The van der Waals surface area contributed by atoms with Gasteiger partial charge in [0.05, 0.1) is 5.88 Å². The summed E-state index contributed by atoms with van der Waals surface area (Å²) in [4.78, 5) is 11.5. The molecule has 0 radical (unpaired) electrons. The van der Waals surface area contributed by atoms with Gasteiger partial charge < -0.3 is 9.47 Å². The summed E-state index contributed by atoms with van der Waals surface area (Å²) >= 11 is 6.04. The van der Waals surface area contributed by atoms with Gasteiger partial charge in [-0.3, -0.25) is 0 Å². The van der Waals surface area contributed by atoms with E-state index in [4.69, 9.17) is 11.6 Å². The highest BCUT2D eigenvalue weighted by molar-refractivity contribution is 6.16. The molecule has 3 heterocycles. The van der Waals surface area contributed by atoms with E-state index >= 15 is 0 Å². The lowest BCUT2D eigenvalue weighted by atomic mass is 10.1. The minimum Gasteiger partial charge on any atom is -0.311 e. The average molecular weight is 279 g/mol. The minimum absolute atomic E-state index is 0.442. The molecule has 102 valence electrons. The van der Waals surface area contributed by atoms with Crippen molar-refractivity contribution in [3.8, 4) is 0 Å². The first kappa shape index (κ1) is 12.9. The summed E-state index contributed by atoms with van der Waals surface area (Å²) in [6.07, 6.45) is 3.14. The number of imidazole rings is 1. The molecular weight excluding hydrogens is 260 g/mol. The highest BCUT2D eigenvalue weighted by Gasteiger charge is 2.22. The van der Waals surface area contributed by atoms with Crippen LogP contribution in [0.1, 0.15) is 17.8 Å². The molecule has 2 aromatic rings. The Kier molecular flexibility index (Phi) is 3.46. The molecule has 0 aliphatic carbocycles. The fraction of sp³-hybridized carbons (Fsp3) is 0.571. The SMILES string of the molecule is Cc1cnc2c(c1)nc(CCl)n2CC1CCN(C)C1. The molecule has 0 saturated carbocycles. The maximum atomic E-state index is 6.04. The standard InChI is InChI=1S/C14H19ClN4/c1-10-5-12-14(16-7-10)19(13(6-15)17-12)9-11-3-4-18(2)8-11/h5,7,11H,3-4,6,8-9H2,1-2H3. The van der Waals surface area contributed by atoms with Gasteiger partial charge in [-0.2, -0.15) is 0 Å². The smallest absolute Gasteiger partial charge is 0.160 e. The summed E-state index contributed by atoms with van der Waals surface area (Å²) in [5, 5.41) is 0. The van der Waals surface area contributed by atoms with Crippen molar-refractivity contribution in [1.29, 1.82) is 0 Å². The van der Waals surface area contributed by atoms with Crippen LogP contribution in [0.25, 0.3) is 11.2 Å². The Hall–Kier alpha value is -1.13. The molecule has 0 spiro atoms. The number of hydrogen-bond donors (Lipinski definition) is 0. The van der Waals surface area contributed by atoms with Crippen molar-refractivity contribution in [1.82, 2.24) is 19.4 Å². The second-order valence-electron chi connectivity index (χ2n) is 5.54. The molecule has 3 rings (SSSR count). The van der Waals surface area contributed by atoms with E-state index in [0.29, 0.717) is 11.8 Å². The number of aromatic nitrogens is 3. The minimum atomic E-state index is 0.442. The number of rotatable bonds is 3. The molecule has 0 bridgehead atoms. The van der Waals surface area contributed by atoms with E-state index in [0.717, 1.165) is 35.6 Å². The monoisotopic (exact) mass is 278 g/mol. The quantitative estimate of drug-likeness (QED) is 0.809. The predicted octanol–water partition coefficient (Wildman–Crippen LogP) is 2.43. The molecule has 19 heavy (non-hydrogen) atoms. The van der Waals surface area contributed by atoms with Gasteiger partial charge in [-0.25, -0.2) is 9.97 Å². The van der Waals surface area contributed by atoms with Crippen LogP contribution >= 0.6 is 11.6 Å². The number of fused-ring (bicyclic) bond motifs is 1. The third kappa shape index (κ3) is 2.47. The van der Waals surface area contributed by atoms with Gasteiger partial charge in [0.15, 0.2) is 5.65 Å². The van der Waals surface area contributed by atoms with Crippen molar-refractivity contribution in [2.75, 3.05) is 20.1 Å². The fourth-order valence-corrected chi connectivity index (χ4v) is 3.09. The molecule has 4 nitrogen and oxygen atoms in total. The number of likely N-dealkylation sites (tertiary alicyclic amines) is 1. The fourth-order valence-electron chi connectivity index (χ4n) is 2.89. The van der Waals surface area contributed by atoms with Gasteiger partial charge in [0, 0.05) is 19.3 Å². The van der Waals surface area contributed by atoms with Gasteiger partial charge in [0.25, 0.3) is 0 Å². The third-order valence-electron chi connectivity index (χ3n) is 3.85. The van der Waals surface area contributed by atoms with Crippen molar-refractivity contribution in [3.63, 3.8) is 0 Å². The highest BCUT2D eigenvalue weighted by atomic mass is 35.5. The van der Waals surface area contributed by atoms with Crippen LogP contribution in [0.2, 0.25) is 0 Å². The summed E-state index contributed by atoms with van der Waals surface area (Å²) in [5.74, 6) is 2.05.